The molecule has 94 valence electrons. The number of hydrogen-bond donors (Lipinski definition) is 2. The normalized spacial score (nSPS) is 10.1. The number of aryl methyl sites for hydroxylation is 1. The van der Waals surface area contributed by atoms with Gasteiger partial charge in [-0.25, -0.2) is 0 Å². The molecule has 0 saturated heterocycles. The molecule has 0 fully saturated rings. The number of carbonyl (C=O) groups excluding carboxylic acids is 1. The van der Waals surface area contributed by atoms with Gasteiger partial charge in [-0.05, 0) is 18.2 Å². The molecule has 0 spiro atoms. The van der Waals surface area contributed by atoms with Gasteiger partial charge in [0.2, 0.25) is 0 Å². The molecule has 1 amide bonds. The lowest BCUT2D eigenvalue weighted by atomic mass is 10.1. The van der Waals surface area contributed by atoms with Crippen LogP contribution in [0.15, 0.2) is 30.5 Å². The highest BCUT2D eigenvalue weighted by atomic mass is 16.5. The van der Waals surface area contributed by atoms with E-state index in [1.807, 2.05) is 0 Å². The maximum atomic E-state index is 12.1. The molecule has 2 aromatic rings. The smallest absolute Gasteiger partial charge is 0.259 e. The predicted molar refractivity (Wildman–Crippen MR) is 68.6 cm³/mol. The molecule has 0 atom stereocenters. The molecule has 18 heavy (non-hydrogen) atoms. The highest BCUT2D eigenvalue weighted by molar-refractivity contribution is 6.07. The lowest BCUT2D eigenvalue weighted by molar-refractivity contribution is 0.102. The number of carbonyl (C=O) groups is 1. The quantitative estimate of drug-likeness (QED) is 0.799. The van der Waals surface area contributed by atoms with Crippen molar-refractivity contribution in [1.29, 1.82) is 0 Å². The Balaban J connectivity index is 2.26. The fourth-order valence-electron chi connectivity index (χ4n) is 1.54. The molecule has 3 N–H and O–H groups in total. The molecule has 0 aliphatic rings. The van der Waals surface area contributed by atoms with E-state index in [1.165, 1.54) is 7.11 Å². The Morgan fingerprint density at radius 1 is 1.44 bits per heavy atom. The molecule has 6 nitrogen and oxygen atoms in total. The van der Waals surface area contributed by atoms with Gasteiger partial charge in [0, 0.05) is 18.8 Å². The number of nitrogens with two attached hydrogens (primary N) is 1. The van der Waals surface area contributed by atoms with Gasteiger partial charge in [-0.3, -0.25) is 9.48 Å². The van der Waals surface area contributed by atoms with Crippen LogP contribution >= 0.6 is 0 Å². The van der Waals surface area contributed by atoms with E-state index in [2.05, 4.69) is 10.4 Å². The Morgan fingerprint density at radius 3 is 2.83 bits per heavy atom. The first kappa shape index (κ1) is 12.0. The summed E-state index contributed by atoms with van der Waals surface area (Å²) in [6.07, 6.45) is 1.60. The maximum absolute atomic E-state index is 12.1. The van der Waals surface area contributed by atoms with E-state index in [0.717, 1.165) is 0 Å². The summed E-state index contributed by atoms with van der Waals surface area (Å²) in [5.74, 6) is 0.886. The summed E-state index contributed by atoms with van der Waals surface area (Å²) in [7, 11) is 3.28. The SMILES string of the molecule is COc1ccc(N)c(C(=O)Nc2ccnn2C)c1. The van der Waals surface area contributed by atoms with Crippen LogP contribution in [0.3, 0.4) is 0 Å². The molecule has 1 heterocycles. The first-order chi connectivity index (χ1) is 8.61. The molecule has 2 rings (SSSR count). The van der Waals surface area contributed by atoms with Crippen LogP contribution in [-0.4, -0.2) is 22.8 Å². The number of nitrogens with one attached hydrogen (secondary N) is 1. The molecule has 6 heteroatoms. The van der Waals surface area contributed by atoms with E-state index in [4.69, 9.17) is 10.5 Å². The second kappa shape index (κ2) is 4.79. The molecule has 1 aromatic heterocycles. The Kier molecular flexibility index (Phi) is 3.18. The summed E-state index contributed by atoms with van der Waals surface area (Å²) in [6, 6.07) is 6.64. The molecule has 0 saturated carbocycles. The van der Waals surface area contributed by atoms with E-state index in [-0.39, 0.29) is 5.91 Å². The minimum atomic E-state index is -0.296. The van der Waals surface area contributed by atoms with E-state index in [9.17, 15) is 4.79 Å². The lowest BCUT2D eigenvalue weighted by Gasteiger charge is -2.09. The molecule has 0 bridgehead atoms. The van der Waals surface area contributed by atoms with Crippen LogP contribution < -0.4 is 15.8 Å². The molecule has 0 unspecified atom stereocenters. The molecular weight excluding hydrogens is 232 g/mol. The Bertz CT molecular complexity index is 577. The van der Waals surface area contributed by atoms with E-state index in [0.29, 0.717) is 22.8 Å². The van der Waals surface area contributed by atoms with Gasteiger partial charge in [-0.2, -0.15) is 5.10 Å². The third kappa shape index (κ3) is 2.27. The second-order valence-corrected chi connectivity index (χ2v) is 3.75. The molecule has 0 aliphatic carbocycles. The van der Waals surface area contributed by atoms with Crippen LogP contribution in [0.1, 0.15) is 10.4 Å². The van der Waals surface area contributed by atoms with Crippen LogP contribution in [0.4, 0.5) is 11.5 Å². The standard InChI is InChI=1S/C12H14N4O2/c1-16-11(5-6-14-16)15-12(17)9-7-8(18-2)3-4-10(9)13/h3-7H,13H2,1-2H3,(H,15,17). The van der Waals surface area contributed by atoms with Crippen molar-refractivity contribution >= 4 is 17.4 Å². The van der Waals surface area contributed by atoms with E-state index in [1.54, 1.807) is 42.2 Å². The van der Waals surface area contributed by atoms with E-state index >= 15 is 0 Å². The number of amides is 1. The fourth-order valence-corrected chi connectivity index (χ4v) is 1.54. The predicted octanol–water partition coefficient (Wildman–Crippen LogP) is 1.26. The van der Waals surface area contributed by atoms with Crippen molar-refractivity contribution in [3.63, 3.8) is 0 Å². The van der Waals surface area contributed by atoms with Crippen molar-refractivity contribution in [3.05, 3.63) is 36.0 Å². The van der Waals surface area contributed by atoms with Gasteiger partial charge in [-0.1, -0.05) is 0 Å². The van der Waals surface area contributed by atoms with Crippen molar-refractivity contribution in [1.82, 2.24) is 9.78 Å². The van der Waals surface area contributed by atoms with Gasteiger partial charge in [0.05, 0.1) is 18.9 Å². The first-order valence-corrected chi connectivity index (χ1v) is 5.34. The number of hydrogen-bond acceptors (Lipinski definition) is 4. The number of nitrogens with zero attached hydrogens (tertiary/aromatic N) is 2. The summed E-state index contributed by atoms with van der Waals surface area (Å²) in [5, 5.41) is 6.69. The van der Waals surface area contributed by atoms with Gasteiger partial charge in [0.25, 0.3) is 5.91 Å². The first-order valence-electron chi connectivity index (χ1n) is 5.34. The third-order valence-corrected chi connectivity index (χ3v) is 2.57. The number of rotatable bonds is 3. The Morgan fingerprint density at radius 2 is 2.22 bits per heavy atom. The van der Waals surface area contributed by atoms with Crippen LogP contribution in [0.2, 0.25) is 0 Å². The molecule has 0 aliphatic heterocycles. The van der Waals surface area contributed by atoms with Gasteiger partial charge < -0.3 is 15.8 Å². The van der Waals surface area contributed by atoms with Crippen molar-refractivity contribution in [2.45, 2.75) is 0 Å². The second-order valence-electron chi connectivity index (χ2n) is 3.75. The summed E-state index contributed by atoms with van der Waals surface area (Å²) in [4.78, 5) is 12.1. The van der Waals surface area contributed by atoms with Crippen LogP contribution in [0, 0.1) is 0 Å². The van der Waals surface area contributed by atoms with Crippen molar-refractivity contribution in [3.8, 4) is 5.75 Å². The van der Waals surface area contributed by atoms with Gasteiger partial charge in [-0.15, -0.1) is 0 Å². The maximum Gasteiger partial charge on any atom is 0.259 e. The molecule has 0 radical (unpaired) electrons. The number of methoxy groups -OCH3 is 1. The summed E-state index contributed by atoms with van der Waals surface area (Å²) >= 11 is 0. The molecule has 1 aromatic carbocycles. The fraction of sp³-hybridized carbons (Fsp3) is 0.167. The summed E-state index contributed by atoms with van der Waals surface area (Å²) < 4.78 is 6.63. The number of aromatic nitrogens is 2. The largest absolute Gasteiger partial charge is 0.497 e. The van der Waals surface area contributed by atoms with Crippen molar-refractivity contribution in [2.24, 2.45) is 7.05 Å². The van der Waals surface area contributed by atoms with Crippen LogP contribution in [0.25, 0.3) is 0 Å². The average molecular weight is 246 g/mol. The summed E-state index contributed by atoms with van der Waals surface area (Å²) in [6.45, 7) is 0. The van der Waals surface area contributed by atoms with Crippen molar-refractivity contribution in [2.75, 3.05) is 18.2 Å². The lowest BCUT2D eigenvalue weighted by Crippen LogP contribution is -2.16. The van der Waals surface area contributed by atoms with Crippen LogP contribution in [-0.2, 0) is 7.05 Å². The van der Waals surface area contributed by atoms with Gasteiger partial charge in [0.1, 0.15) is 11.6 Å². The average Bonchev–Trinajstić information content (AvgIpc) is 2.75. The highest BCUT2D eigenvalue weighted by Crippen LogP contribution is 2.20. The topological polar surface area (TPSA) is 82.2 Å². The number of nitrogen functional groups attached to an aromatic ring is 1. The van der Waals surface area contributed by atoms with Gasteiger partial charge >= 0.3 is 0 Å². The zero-order chi connectivity index (χ0) is 13.1. The minimum Gasteiger partial charge on any atom is -0.497 e. The zero-order valence-electron chi connectivity index (χ0n) is 10.2. The summed E-state index contributed by atoms with van der Waals surface area (Å²) in [5.41, 5.74) is 6.54. The van der Waals surface area contributed by atoms with Crippen molar-refractivity contribution < 1.29 is 9.53 Å². The number of anilines is 2. The molecular formula is C12H14N4O2. The number of benzene rings is 1. The van der Waals surface area contributed by atoms with Gasteiger partial charge in [0.15, 0.2) is 0 Å². The van der Waals surface area contributed by atoms with Crippen LogP contribution in [0.5, 0.6) is 5.75 Å². The Labute approximate surface area is 104 Å². The Hall–Kier alpha value is -2.50. The third-order valence-electron chi connectivity index (χ3n) is 2.57. The zero-order valence-corrected chi connectivity index (χ0v) is 10.2. The highest BCUT2D eigenvalue weighted by Gasteiger charge is 2.12. The number of ether oxygens (including phenoxy) is 1. The monoisotopic (exact) mass is 246 g/mol. The minimum absolute atomic E-state index is 0.296. The van der Waals surface area contributed by atoms with E-state index < -0.39 is 0 Å².